The lowest BCUT2D eigenvalue weighted by molar-refractivity contribution is 0.543. The molecule has 2 atom stereocenters. The maximum Gasteiger partial charge on any atom is 0.287 e. The third-order valence-electron chi connectivity index (χ3n) is 4.12. The molecule has 1 saturated carbocycles. The Balaban J connectivity index is 1.72. The average Bonchev–Trinajstić information content (AvgIpc) is 2.86. The van der Waals surface area contributed by atoms with Crippen molar-refractivity contribution in [3.05, 3.63) is 21.6 Å². The minimum atomic E-state index is -0.191. The molecule has 2 aliphatic rings. The van der Waals surface area contributed by atoms with Crippen LogP contribution < -0.4 is 16.2 Å². The smallest absolute Gasteiger partial charge is 0.287 e. The molecule has 1 aromatic heterocycles. The van der Waals surface area contributed by atoms with Crippen molar-refractivity contribution in [1.82, 2.24) is 15.1 Å². The normalized spacial score (nSPS) is 28.2. The van der Waals surface area contributed by atoms with E-state index in [-0.39, 0.29) is 10.6 Å². The van der Waals surface area contributed by atoms with Gasteiger partial charge in [0.05, 0.1) is 11.9 Å². The van der Waals surface area contributed by atoms with Crippen molar-refractivity contribution in [2.24, 2.45) is 11.8 Å². The summed E-state index contributed by atoms with van der Waals surface area (Å²) in [5.74, 6) is 1.36. The Hall–Kier alpha value is -1.07. The van der Waals surface area contributed by atoms with E-state index in [0.717, 1.165) is 25.9 Å². The topological polar surface area (TPSA) is 59.0 Å². The number of aryl methyl sites for hydroxylation is 1. The van der Waals surface area contributed by atoms with Gasteiger partial charge in [0.15, 0.2) is 0 Å². The Morgan fingerprint density at radius 2 is 2.26 bits per heavy atom. The van der Waals surface area contributed by atoms with E-state index in [9.17, 15) is 4.79 Å². The number of nitrogens with one attached hydrogen (secondary N) is 2. The lowest BCUT2D eigenvalue weighted by Gasteiger charge is -2.11. The molecule has 0 spiro atoms. The number of fused-ring (bicyclic) bond motifs is 1. The third-order valence-corrected chi connectivity index (χ3v) is 4.49. The quantitative estimate of drug-likeness (QED) is 0.855. The van der Waals surface area contributed by atoms with Crippen molar-refractivity contribution >= 4 is 17.3 Å². The highest BCUT2D eigenvalue weighted by Gasteiger charge is 2.53. The number of piperidine rings is 1. The van der Waals surface area contributed by atoms with Crippen LogP contribution >= 0.6 is 11.6 Å². The molecule has 1 aliphatic heterocycles. The van der Waals surface area contributed by atoms with Crippen molar-refractivity contribution in [2.75, 3.05) is 18.4 Å². The highest BCUT2D eigenvalue weighted by molar-refractivity contribution is 6.32. The van der Waals surface area contributed by atoms with Crippen LogP contribution in [0.25, 0.3) is 0 Å². The maximum atomic E-state index is 12.1. The van der Waals surface area contributed by atoms with Gasteiger partial charge in [-0.1, -0.05) is 24.9 Å². The second-order valence-electron chi connectivity index (χ2n) is 5.41. The molecule has 1 aromatic rings. The van der Waals surface area contributed by atoms with Crippen LogP contribution in [-0.2, 0) is 6.54 Å². The predicted molar refractivity (Wildman–Crippen MR) is 75.7 cm³/mol. The molecule has 6 heteroatoms. The Labute approximate surface area is 117 Å². The molecule has 2 N–H and O–H groups in total. The van der Waals surface area contributed by atoms with Crippen LogP contribution in [-0.4, -0.2) is 28.9 Å². The van der Waals surface area contributed by atoms with E-state index in [1.165, 1.54) is 4.68 Å². The fraction of sp³-hybridized carbons (Fsp3) is 0.692. The fourth-order valence-electron chi connectivity index (χ4n) is 2.84. The summed E-state index contributed by atoms with van der Waals surface area (Å²) in [7, 11) is 0. The van der Waals surface area contributed by atoms with Gasteiger partial charge in [0.2, 0.25) is 0 Å². The van der Waals surface area contributed by atoms with Crippen molar-refractivity contribution in [3.63, 3.8) is 0 Å². The first kappa shape index (κ1) is 12.9. The molecule has 3 rings (SSSR count). The summed E-state index contributed by atoms with van der Waals surface area (Å²) in [4.78, 5) is 12.1. The summed E-state index contributed by atoms with van der Waals surface area (Å²) in [6, 6.07) is 0.450. The molecule has 104 valence electrons. The minimum Gasteiger partial charge on any atom is -0.379 e. The Morgan fingerprint density at radius 1 is 1.53 bits per heavy atom. The summed E-state index contributed by atoms with van der Waals surface area (Å²) in [6.07, 6.45) is 3.65. The van der Waals surface area contributed by atoms with E-state index in [1.807, 2.05) is 0 Å². The van der Waals surface area contributed by atoms with E-state index in [1.54, 1.807) is 6.20 Å². The lowest BCUT2D eigenvalue weighted by Crippen LogP contribution is -2.26. The predicted octanol–water partition coefficient (Wildman–Crippen LogP) is 1.33. The molecule has 1 saturated heterocycles. The number of aromatic nitrogens is 2. The molecule has 2 heterocycles. The van der Waals surface area contributed by atoms with Gasteiger partial charge in [0, 0.05) is 25.7 Å². The number of halogens is 1. The molecule has 0 amide bonds. The molecule has 0 bridgehead atoms. The molecular formula is C13H19ClN4O. The number of hydrogen-bond donors (Lipinski definition) is 2. The van der Waals surface area contributed by atoms with E-state index in [2.05, 4.69) is 22.7 Å². The number of anilines is 1. The zero-order valence-electron chi connectivity index (χ0n) is 11.0. The van der Waals surface area contributed by atoms with Crippen molar-refractivity contribution in [3.8, 4) is 0 Å². The van der Waals surface area contributed by atoms with Gasteiger partial charge in [-0.25, -0.2) is 4.68 Å². The van der Waals surface area contributed by atoms with Crippen molar-refractivity contribution in [2.45, 2.75) is 32.4 Å². The number of nitrogens with zero attached hydrogens (tertiary/aromatic N) is 2. The molecular weight excluding hydrogens is 264 g/mol. The molecule has 2 fully saturated rings. The van der Waals surface area contributed by atoms with Gasteiger partial charge in [-0.3, -0.25) is 4.79 Å². The van der Waals surface area contributed by atoms with Gasteiger partial charge in [-0.2, -0.15) is 5.10 Å². The van der Waals surface area contributed by atoms with Gasteiger partial charge in [-0.05, 0) is 18.3 Å². The summed E-state index contributed by atoms with van der Waals surface area (Å²) < 4.78 is 1.45. The van der Waals surface area contributed by atoms with Gasteiger partial charge < -0.3 is 10.6 Å². The van der Waals surface area contributed by atoms with Crippen LogP contribution in [0, 0.1) is 11.8 Å². The van der Waals surface area contributed by atoms with Crippen molar-refractivity contribution < 1.29 is 0 Å². The zero-order valence-corrected chi connectivity index (χ0v) is 11.8. The van der Waals surface area contributed by atoms with Gasteiger partial charge in [0.25, 0.3) is 5.56 Å². The van der Waals surface area contributed by atoms with E-state index in [0.29, 0.717) is 30.1 Å². The highest BCUT2D eigenvalue weighted by atomic mass is 35.5. The Kier molecular flexibility index (Phi) is 3.50. The molecule has 19 heavy (non-hydrogen) atoms. The van der Waals surface area contributed by atoms with Gasteiger partial charge >= 0.3 is 0 Å². The minimum absolute atomic E-state index is 0.191. The average molecular weight is 283 g/mol. The van der Waals surface area contributed by atoms with Crippen LogP contribution in [0.2, 0.25) is 5.02 Å². The number of rotatable bonds is 5. The van der Waals surface area contributed by atoms with Crippen LogP contribution in [0.1, 0.15) is 19.8 Å². The van der Waals surface area contributed by atoms with E-state index in [4.69, 9.17) is 11.6 Å². The summed E-state index contributed by atoms with van der Waals surface area (Å²) in [5, 5.41) is 11.2. The second-order valence-corrected chi connectivity index (χ2v) is 5.79. The monoisotopic (exact) mass is 282 g/mol. The van der Waals surface area contributed by atoms with Gasteiger partial charge in [0.1, 0.15) is 5.02 Å². The van der Waals surface area contributed by atoms with Crippen LogP contribution in [0.5, 0.6) is 0 Å². The molecule has 5 nitrogen and oxygen atoms in total. The van der Waals surface area contributed by atoms with E-state index >= 15 is 0 Å². The Morgan fingerprint density at radius 3 is 2.95 bits per heavy atom. The first-order valence-electron chi connectivity index (χ1n) is 6.95. The lowest BCUT2D eigenvalue weighted by atomic mass is 10.3. The van der Waals surface area contributed by atoms with Gasteiger partial charge in [-0.15, -0.1) is 0 Å². The maximum absolute atomic E-state index is 12.1. The number of hydrogen-bond acceptors (Lipinski definition) is 4. The zero-order chi connectivity index (χ0) is 13.4. The molecule has 0 aromatic carbocycles. The van der Waals surface area contributed by atoms with Crippen LogP contribution in [0.3, 0.4) is 0 Å². The second kappa shape index (κ2) is 5.13. The standard InChI is InChI=1S/C13H19ClN4O/c1-2-3-4-18-13(19)11(14)10(7-16-18)17-12-8-5-15-6-9(8)12/h7-9,12,15,17H,2-6H2,1H3. The van der Waals surface area contributed by atoms with Crippen LogP contribution in [0.4, 0.5) is 5.69 Å². The highest BCUT2D eigenvalue weighted by Crippen LogP contribution is 2.44. The largest absolute Gasteiger partial charge is 0.379 e. The molecule has 0 radical (unpaired) electrons. The summed E-state index contributed by atoms with van der Waals surface area (Å²) in [5.41, 5.74) is 0.489. The SMILES string of the molecule is CCCCn1ncc(NC2C3CNCC32)c(Cl)c1=O. The van der Waals surface area contributed by atoms with Crippen LogP contribution in [0.15, 0.2) is 11.0 Å². The summed E-state index contributed by atoms with van der Waals surface area (Å²) >= 11 is 6.15. The third kappa shape index (κ3) is 2.37. The first-order valence-corrected chi connectivity index (χ1v) is 7.33. The molecule has 1 aliphatic carbocycles. The number of unbranched alkanes of at least 4 members (excludes halogenated alkanes) is 1. The van der Waals surface area contributed by atoms with Crippen molar-refractivity contribution in [1.29, 1.82) is 0 Å². The molecule has 2 unspecified atom stereocenters. The first-order chi connectivity index (χ1) is 9.22. The Bertz CT molecular complexity index is 520. The summed E-state index contributed by atoms with van der Waals surface area (Å²) in [6.45, 7) is 4.83. The van der Waals surface area contributed by atoms with E-state index < -0.39 is 0 Å². The fourth-order valence-corrected chi connectivity index (χ4v) is 3.05.